The second-order valence-electron chi connectivity index (χ2n) is 6.54. The second-order valence-corrected chi connectivity index (χ2v) is 6.54. The molecule has 1 aliphatic rings. The lowest BCUT2D eigenvalue weighted by molar-refractivity contribution is -0.148. The van der Waals surface area contributed by atoms with Crippen LogP contribution in [0.25, 0.3) is 11.1 Å². The van der Waals surface area contributed by atoms with Crippen LogP contribution >= 0.6 is 0 Å². The maximum atomic E-state index is 12.5. The van der Waals surface area contributed by atoms with Crippen LogP contribution in [-0.4, -0.2) is 48.2 Å². The number of rotatable bonds is 5. The monoisotopic (exact) mass is 375 g/mol. The highest BCUT2D eigenvalue weighted by atomic mass is 16.5. The van der Waals surface area contributed by atoms with Crippen LogP contribution in [-0.2, 0) is 14.3 Å². The molecule has 1 saturated heterocycles. The van der Waals surface area contributed by atoms with Crippen LogP contribution in [0.15, 0.2) is 4.42 Å². The van der Waals surface area contributed by atoms with Crippen molar-refractivity contribution in [3.63, 3.8) is 0 Å². The van der Waals surface area contributed by atoms with E-state index in [9.17, 15) is 9.59 Å². The third kappa shape index (κ3) is 3.74. The van der Waals surface area contributed by atoms with Crippen molar-refractivity contribution in [2.45, 2.75) is 40.5 Å². The minimum atomic E-state index is -0.441. The van der Waals surface area contributed by atoms with E-state index >= 15 is 0 Å². The summed E-state index contributed by atoms with van der Waals surface area (Å²) < 4.78 is 16.0. The Bertz CT molecular complexity index is 853. The summed E-state index contributed by atoms with van der Waals surface area (Å²) in [6, 6.07) is 0. The first-order valence-electron chi connectivity index (χ1n) is 9.32. The average molecular weight is 375 g/mol. The summed E-state index contributed by atoms with van der Waals surface area (Å²) in [7, 11) is 0. The molecule has 1 aliphatic heterocycles. The van der Waals surface area contributed by atoms with E-state index in [0.717, 1.165) is 0 Å². The number of piperidine rings is 1. The highest BCUT2D eigenvalue weighted by molar-refractivity contribution is 6.08. The normalized spacial score (nSPS) is 15.2. The van der Waals surface area contributed by atoms with E-state index in [2.05, 4.69) is 14.9 Å². The Morgan fingerprint density at radius 1 is 1.11 bits per heavy atom. The van der Waals surface area contributed by atoms with E-state index < -0.39 is 5.97 Å². The van der Waals surface area contributed by atoms with Crippen LogP contribution in [0, 0.1) is 19.8 Å². The molecule has 146 valence electrons. The Balaban J connectivity index is 1.95. The zero-order valence-corrected chi connectivity index (χ0v) is 16.2. The quantitative estimate of drug-likeness (QED) is 0.736. The number of fused-ring (bicyclic) bond motifs is 1. The first-order chi connectivity index (χ1) is 13.0. The zero-order valence-electron chi connectivity index (χ0n) is 16.2. The van der Waals surface area contributed by atoms with Gasteiger partial charge in [0.25, 0.3) is 0 Å². The van der Waals surface area contributed by atoms with E-state index in [1.54, 1.807) is 20.8 Å². The summed E-state index contributed by atoms with van der Waals surface area (Å²) in [5.41, 5.74) is 0.750. The first kappa shape index (κ1) is 19.1. The highest BCUT2D eigenvalue weighted by Gasteiger charge is 2.31. The Kier molecular flexibility index (Phi) is 5.62. The summed E-state index contributed by atoms with van der Waals surface area (Å²) in [4.78, 5) is 35.4. The molecule has 0 unspecified atom stereocenters. The zero-order chi connectivity index (χ0) is 19.6. The van der Waals surface area contributed by atoms with Crippen molar-refractivity contribution in [2.24, 2.45) is 5.92 Å². The predicted octanol–water partition coefficient (Wildman–Crippen LogP) is 2.80. The average Bonchev–Trinajstić information content (AvgIpc) is 2.97. The van der Waals surface area contributed by atoms with Crippen molar-refractivity contribution < 1.29 is 23.5 Å². The Labute approximate surface area is 157 Å². The van der Waals surface area contributed by atoms with Gasteiger partial charge in [-0.2, -0.15) is 4.98 Å². The molecule has 0 atom stereocenters. The summed E-state index contributed by atoms with van der Waals surface area (Å²) >= 11 is 0. The number of esters is 2. The van der Waals surface area contributed by atoms with E-state index in [1.165, 1.54) is 0 Å². The summed E-state index contributed by atoms with van der Waals surface area (Å²) in [5.74, 6) is 0.992. The highest BCUT2D eigenvalue weighted by Crippen LogP contribution is 2.34. The van der Waals surface area contributed by atoms with Crippen LogP contribution in [0.4, 0.5) is 5.82 Å². The van der Waals surface area contributed by atoms with Gasteiger partial charge in [-0.05, 0) is 40.5 Å². The lowest BCUT2D eigenvalue weighted by atomic mass is 9.96. The lowest BCUT2D eigenvalue weighted by Crippen LogP contribution is -2.37. The molecule has 0 aromatic carbocycles. The van der Waals surface area contributed by atoms with Crippen LogP contribution in [0.3, 0.4) is 0 Å². The van der Waals surface area contributed by atoms with E-state index in [0.29, 0.717) is 66.6 Å². The predicted molar refractivity (Wildman–Crippen MR) is 98.8 cm³/mol. The molecule has 8 nitrogen and oxygen atoms in total. The third-order valence-corrected chi connectivity index (χ3v) is 4.71. The molecule has 2 aromatic heterocycles. The van der Waals surface area contributed by atoms with Gasteiger partial charge in [-0.15, -0.1) is 0 Å². The van der Waals surface area contributed by atoms with Crippen LogP contribution in [0.1, 0.15) is 48.6 Å². The number of hydrogen-bond acceptors (Lipinski definition) is 8. The third-order valence-electron chi connectivity index (χ3n) is 4.71. The number of ether oxygens (including phenoxy) is 2. The van der Waals surface area contributed by atoms with Gasteiger partial charge in [0.1, 0.15) is 23.0 Å². The molecule has 1 fully saturated rings. The van der Waals surface area contributed by atoms with Gasteiger partial charge in [-0.25, -0.2) is 9.78 Å². The second kappa shape index (κ2) is 7.94. The van der Waals surface area contributed by atoms with Crippen LogP contribution in [0.5, 0.6) is 0 Å². The first-order valence-corrected chi connectivity index (χ1v) is 9.32. The topological polar surface area (TPSA) is 94.8 Å². The number of anilines is 1. The van der Waals surface area contributed by atoms with Gasteiger partial charge in [-0.1, -0.05) is 0 Å². The molecule has 0 amide bonds. The molecular weight excluding hydrogens is 350 g/mol. The minimum Gasteiger partial charge on any atom is -0.466 e. The molecule has 2 aromatic rings. The number of nitrogens with zero attached hydrogens (tertiary/aromatic N) is 3. The molecule has 0 radical (unpaired) electrons. The minimum absolute atomic E-state index is 0.102. The fraction of sp³-hybridized carbons (Fsp3) is 0.579. The number of carbonyl (C=O) groups is 2. The van der Waals surface area contributed by atoms with E-state index in [1.807, 2.05) is 6.92 Å². The van der Waals surface area contributed by atoms with Crippen molar-refractivity contribution in [2.75, 3.05) is 31.2 Å². The fourth-order valence-electron chi connectivity index (χ4n) is 3.46. The van der Waals surface area contributed by atoms with Gasteiger partial charge in [0, 0.05) is 13.1 Å². The van der Waals surface area contributed by atoms with Crippen molar-refractivity contribution in [1.82, 2.24) is 9.97 Å². The van der Waals surface area contributed by atoms with Crippen LogP contribution < -0.4 is 4.90 Å². The SMILES string of the molecule is CCOC(=O)c1c(C)oc2nc(C)nc(N3CCC(C(=O)OCC)CC3)c12. The molecule has 3 rings (SSSR count). The maximum absolute atomic E-state index is 12.5. The molecule has 0 spiro atoms. The number of hydrogen-bond donors (Lipinski definition) is 0. The van der Waals surface area contributed by atoms with E-state index in [-0.39, 0.29) is 18.5 Å². The number of aromatic nitrogens is 2. The largest absolute Gasteiger partial charge is 0.466 e. The standard InChI is InChI=1S/C19H25N3O5/c1-5-25-18(23)13-7-9-22(10-8-13)16-15-14(19(24)26-6-2)11(3)27-17(15)21-12(4)20-16/h13H,5-10H2,1-4H3. The lowest BCUT2D eigenvalue weighted by Gasteiger charge is -2.32. The molecule has 0 saturated carbocycles. The van der Waals surface area contributed by atoms with Crippen molar-refractivity contribution in [3.05, 3.63) is 17.1 Å². The summed E-state index contributed by atoms with van der Waals surface area (Å²) in [5, 5.41) is 0.575. The molecule has 3 heterocycles. The maximum Gasteiger partial charge on any atom is 0.342 e. The van der Waals surface area contributed by atoms with Gasteiger partial charge >= 0.3 is 11.9 Å². The van der Waals surface area contributed by atoms with Crippen LogP contribution in [0.2, 0.25) is 0 Å². The number of carbonyl (C=O) groups excluding carboxylic acids is 2. The van der Waals surface area contributed by atoms with Gasteiger partial charge < -0.3 is 18.8 Å². The van der Waals surface area contributed by atoms with E-state index in [4.69, 9.17) is 13.9 Å². The van der Waals surface area contributed by atoms with Crippen molar-refractivity contribution >= 4 is 28.9 Å². The number of furan rings is 1. The van der Waals surface area contributed by atoms with Gasteiger partial charge in [0.2, 0.25) is 5.71 Å². The molecule has 27 heavy (non-hydrogen) atoms. The smallest absolute Gasteiger partial charge is 0.342 e. The number of aryl methyl sites for hydroxylation is 2. The Morgan fingerprint density at radius 2 is 1.78 bits per heavy atom. The van der Waals surface area contributed by atoms with Gasteiger partial charge in [-0.3, -0.25) is 4.79 Å². The van der Waals surface area contributed by atoms with Crippen molar-refractivity contribution in [1.29, 1.82) is 0 Å². The Morgan fingerprint density at radius 3 is 2.41 bits per heavy atom. The summed E-state index contributed by atoms with van der Waals surface area (Å²) in [6.45, 7) is 9.03. The van der Waals surface area contributed by atoms with Gasteiger partial charge in [0.15, 0.2) is 0 Å². The fourth-order valence-corrected chi connectivity index (χ4v) is 3.46. The molecule has 0 aliphatic carbocycles. The summed E-state index contributed by atoms with van der Waals surface area (Å²) in [6.07, 6.45) is 1.35. The molecular formula is C19H25N3O5. The molecule has 0 N–H and O–H groups in total. The molecule has 0 bridgehead atoms. The van der Waals surface area contributed by atoms with Crippen molar-refractivity contribution in [3.8, 4) is 0 Å². The Hall–Kier alpha value is -2.64. The molecule has 8 heteroatoms. The van der Waals surface area contributed by atoms with Gasteiger partial charge in [0.05, 0.1) is 24.5 Å².